The van der Waals surface area contributed by atoms with Gasteiger partial charge in [0.15, 0.2) is 0 Å². The molecule has 0 bridgehead atoms. The fourth-order valence-electron chi connectivity index (χ4n) is 3.75. The number of imidazole rings is 1. The van der Waals surface area contributed by atoms with Gasteiger partial charge in [-0.15, -0.1) is 0 Å². The van der Waals surface area contributed by atoms with Crippen molar-refractivity contribution in [1.29, 1.82) is 0 Å². The number of aromatic amines is 1. The Labute approximate surface area is 157 Å². The van der Waals surface area contributed by atoms with Crippen molar-refractivity contribution < 1.29 is 4.79 Å². The van der Waals surface area contributed by atoms with Gasteiger partial charge in [0.2, 0.25) is 0 Å². The lowest BCUT2D eigenvalue weighted by Crippen LogP contribution is -2.12. The van der Waals surface area contributed by atoms with E-state index in [9.17, 15) is 4.79 Å². The topological polar surface area (TPSA) is 62.7 Å². The van der Waals surface area contributed by atoms with Gasteiger partial charge in [0.1, 0.15) is 5.82 Å². The molecule has 0 unspecified atom stereocenters. The SMILES string of the molecule is O=C(Nc1ccccc1-c1cn2c(n1)CCCC2)c1ccc2[nH]ccc2c1. The molecule has 2 aromatic heterocycles. The second-order valence-electron chi connectivity index (χ2n) is 6.97. The molecule has 1 aliphatic rings. The maximum atomic E-state index is 12.8. The molecule has 0 spiro atoms. The molecule has 0 radical (unpaired) electrons. The number of rotatable bonds is 3. The van der Waals surface area contributed by atoms with Crippen LogP contribution in [0.3, 0.4) is 0 Å². The van der Waals surface area contributed by atoms with Crippen molar-refractivity contribution in [3.05, 3.63) is 72.3 Å². The molecular formula is C22H20N4O. The highest BCUT2D eigenvalue weighted by atomic mass is 16.1. The van der Waals surface area contributed by atoms with E-state index in [1.807, 2.05) is 54.7 Å². The van der Waals surface area contributed by atoms with Crippen molar-refractivity contribution in [3.8, 4) is 11.3 Å². The second kappa shape index (κ2) is 6.43. The maximum Gasteiger partial charge on any atom is 0.255 e. The number of carbonyl (C=O) groups excluding carboxylic acids is 1. The Morgan fingerprint density at radius 2 is 2.04 bits per heavy atom. The third-order valence-corrected chi connectivity index (χ3v) is 5.18. The van der Waals surface area contributed by atoms with Crippen molar-refractivity contribution >= 4 is 22.5 Å². The molecular weight excluding hydrogens is 336 g/mol. The molecule has 0 aliphatic carbocycles. The molecule has 5 heteroatoms. The predicted molar refractivity (Wildman–Crippen MR) is 107 cm³/mol. The number of nitrogens with one attached hydrogen (secondary N) is 2. The van der Waals surface area contributed by atoms with E-state index in [0.717, 1.165) is 46.6 Å². The fraction of sp³-hybridized carbons (Fsp3) is 0.182. The summed E-state index contributed by atoms with van der Waals surface area (Å²) in [6, 6.07) is 15.5. The fourth-order valence-corrected chi connectivity index (χ4v) is 3.75. The highest BCUT2D eigenvalue weighted by Crippen LogP contribution is 2.29. The number of aryl methyl sites for hydroxylation is 2. The monoisotopic (exact) mass is 356 g/mol. The smallest absolute Gasteiger partial charge is 0.255 e. The quantitative estimate of drug-likeness (QED) is 0.563. The van der Waals surface area contributed by atoms with Gasteiger partial charge >= 0.3 is 0 Å². The summed E-state index contributed by atoms with van der Waals surface area (Å²) in [5.41, 5.74) is 4.32. The summed E-state index contributed by atoms with van der Waals surface area (Å²) < 4.78 is 2.23. The largest absolute Gasteiger partial charge is 0.361 e. The number of H-pyrrole nitrogens is 1. The third kappa shape index (κ3) is 2.91. The van der Waals surface area contributed by atoms with Gasteiger partial charge in [-0.05, 0) is 43.2 Å². The van der Waals surface area contributed by atoms with Crippen LogP contribution in [0.25, 0.3) is 22.2 Å². The van der Waals surface area contributed by atoms with Crippen LogP contribution in [0.5, 0.6) is 0 Å². The van der Waals surface area contributed by atoms with Crippen LogP contribution in [0.15, 0.2) is 60.9 Å². The minimum atomic E-state index is -0.116. The van der Waals surface area contributed by atoms with Crippen molar-refractivity contribution in [3.63, 3.8) is 0 Å². The van der Waals surface area contributed by atoms with E-state index >= 15 is 0 Å². The van der Waals surface area contributed by atoms with E-state index in [4.69, 9.17) is 4.98 Å². The number of fused-ring (bicyclic) bond motifs is 2. The maximum absolute atomic E-state index is 12.8. The van der Waals surface area contributed by atoms with E-state index < -0.39 is 0 Å². The average Bonchev–Trinajstić information content (AvgIpc) is 3.34. The zero-order valence-corrected chi connectivity index (χ0v) is 14.9. The van der Waals surface area contributed by atoms with Crippen molar-refractivity contribution in [2.24, 2.45) is 0 Å². The van der Waals surface area contributed by atoms with Crippen molar-refractivity contribution in [2.75, 3.05) is 5.32 Å². The number of aromatic nitrogens is 3. The number of nitrogens with zero attached hydrogens (tertiary/aromatic N) is 2. The highest BCUT2D eigenvalue weighted by molar-refractivity contribution is 6.07. The lowest BCUT2D eigenvalue weighted by Gasteiger charge is -2.11. The Hall–Kier alpha value is -3.34. The molecule has 0 fully saturated rings. The molecule has 5 nitrogen and oxygen atoms in total. The Kier molecular flexibility index (Phi) is 3.78. The lowest BCUT2D eigenvalue weighted by molar-refractivity contribution is 0.102. The Balaban J connectivity index is 1.47. The number of benzene rings is 2. The van der Waals surface area contributed by atoms with Crippen LogP contribution in [-0.2, 0) is 13.0 Å². The van der Waals surface area contributed by atoms with Gasteiger partial charge in [0, 0.05) is 47.4 Å². The van der Waals surface area contributed by atoms with E-state index in [0.29, 0.717) is 5.56 Å². The Morgan fingerprint density at radius 1 is 1.11 bits per heavy atom. The summed E-state index contributed by atoms with van der Waals surface area (Å²) in [5, 5.41) is 4.09. The molecule has 3 heterocycles. The van der Waals surface area contributed by atoms with E-state index in [1.54, 1.807) is 0 Å². The minimum Gasteiger partial charge on any atom is -0.361 e. The molecule has 5 rings (SSSR count). The van der Waals surface area contributed by atoms with Crippen LogP contribution < -0.4 is 5.32 Å². The first-order valence-corrected chi connectivity index (χ1v) is 9.32. The van der Waals surface area contributed by atoms with Gasteiger partial charge in [0.05, 0.1) is 11.4 Å². The zero-order valence-electron chi connectivity index (χ0n) is 14.9. The summed E-state index contributed by atoms with van der Waals surface area (Å²) in [5.74, 6) is 1.02. The second-order valence-corrected chi connectivity index (χ2v) is 6.97. The molecule has 2 N–H and O–H groups in total. The number of amides is 1. The molecule has 0 atom stereocenters. The average molecular weight is 356 g/mol. The molecule has 1 amide bonds. The zero-order chi connectivity index (χ0) is 18.2. The number of para-hydroxylation sites is 1. The summed E-state index contributed by atoms with van der Waals surface area (Å²) in [7, 11) is 0. The molecule has 4 aromatic rings. The van der Waals surface area contributed by atoms with Crippen molar-refractivity contribution in [1.82, 2.24) is 14.5 Å². The first-order chi connectivity index (χ1) is 13.3. The van der Waals surface area contributed by atoms with Crippen LogP contribution in [0.1, 0.15) is 29.0 Å². The van der Waals surface area contributed by atoms with Gasteiger partial charge in [0.25, 0.3) is 5.91 Å². The Morgan fingerprint density at radius 3 is 2.96 bits per heavy atom. The van der Waals surface area contributed by atoms with Gasteiger partial charge in [-0.3, -0.25) is 4.79 Å². The van der Waals surface area contributed by atoms with Gasteiger partial charge < -0.3 is 14.9 Å². The van der Waals surface area contributed by atoms with Crippen LogP contribution in [0.4, 0.5) is 5.69 Å². The standard InChI is InChI=1S/C22H20N4O/c27-22(16-8-9-18-15(13-16)10-11-23-18)25-19-6-2-1-5-17(19)20-14-26-12-4-3-7-21(26)24-20/h1-2,5-6,8-11,13-14,23H,3-4,7,12H2,(H,25,27). The van der Waals surface area contributed by atoms with Crippen LogP contribution in [-0.4, -0.2) is 20.4 Å². The van der Waals surface area contributed by atoms with E-state index in [2.05, 4.69) is 21.1 Å². The normalized spacial score (nSPS) is 13.5. The molecule has 1 aliphatic heterocycles. The Bertz CT molecular complexity index is 1110. The third-order valence-electron chi connectivity index (χ3n) is 5.18. The molecule has 134 valence electrons. The van der Waals surface area contributed by atoms with Crippen LogP contribution >= 0.6 is 0 Å². The van der Waals surface area contributed by atoms with Gasteiger partial charge in [-0.25, -0.2) is 4.98 Å². The van der Waals surface area contributed by atoms with Gasteiger partial charge in [-0.2, -0.15) is 0 Å². The minimum absolute atomic E-state index is 0.116. The number of hydrogen-bond acceptors (Lipinski definition) is 2. The first kappa shape index (κ1) is 15.9. The highest BCUT2D eigenvalue weighted by Gasteiger charge is 2.16. The molecule has 0 saturated heterocycles. The first-order valence-electron chi connectivity index (χ1n) is 9.32. The molecule has 27 heavy (non-hydrogen) atoms. The van der Waals surface area contributed by atoms with E-state index in [1.165, 1.54) is 12.8 Å². The summed E-state index contributed by atoms with van der Waals surface area (Å²) in [6.07, 6.45) is 7.39. The lowest BCUT2D eigenvalue weighted by atomic mass is 10.1. The number of anilines is 1. The predicted octanol–water partition coefficient (Wildman–Crippen LogP) is 4.62. The van der Waals surface area contributed by atoms with E-state index in [-0.39, 0.29) is 5.91 Å². The van der Waals surface area contributed by atoms with Crippen LogP contribution in [0.2, 0.25) is 0 Å². The number of carbonyl (C=O) groups is 1. The molecule has 0 saturated carbocycles. The molecule has 2 aromatic carbocycles. The summed E-state index contributed by atoms with van der Waals surface area (Å²) in [4.78, 5) is 20.8. The number of hydrogen-bond donors (Lipinski definition) is 2. The van der Waals surface area contributed by atoms with Crippen LogP contribution in [0, 0.1) is 0 Å². The van der Waals surface area contributed by atoms with Gasteiger partial charge in [-0.1, -0.05) is 18.2 Å². The van der Waals surface area contributed by atoms with Crippen molar-refractivity contribution in [2.45, 2.75) is 25.8 Å². The summed E-state index contributed by atoms with van der Waals surface area (Å²) >= 11 is 0. The summed E-state index contributed by atoms with van der Waals surface area (Å²) in [6.45, 7) is 1.02.